The van der Waals surface area contributed by atoms with Crippen LogP contribution in [0.25, 0.3) is 0 Å². The number of hydrogen-bond acceptors (Lipinski definition) is 0. The van der Waals surface area contributed by atoms with Crippen LogP contribution in [0.15, 0.2) is 0 Å². The highest BCUT2D eigenvalue weighted by Crippen LogP contribution is 2.61. The second-order valence-corrected chi connectivity index (χ2v) is 8.14. The molecule has 20 heavy (non-hydrogen) atoms. The SMILES string of the molecule is CCCC(CC)(CCC)C1C(C)C(C(C)C(C)C)C1C. The van der Waals surface area contributed by atoms with Gasteiger partial charge in [-0.3, -0.25) is 0 Å². The fraction of sp³-hybridized carbons (Fsp3) is 1.00. The minimum absolute atomic E-state index is 0.634. The molecule has 1 aliphatic carbocycles. The summed E-state index contributed by atoms with van der Waals surface area (Å²) >= 11 is 0. The molecule has 0 N–H and O–H groups in total. The fourth-order valence-corrected chi connectivity index (χ4v) is 5.85. The Morgan fingerprint density at radius 3 is 1.60 bits per heavy atom. The van der Waals surface area contributed by atoms with Gasteiger partial charge in [0, 0.05) is 0 Å². The maximum Gasteiger partial charge on any atom is -0.0267 e. The average Bonchev–Trinajstić information content (AvgIpc) is 2.39. The molecule has 1 rings (SSSR count). The van der Waals surface area contributed by atoms with Crippen LogP contribution in [0.2, 0.25) is 0 Å². The van der Waals surface area contributed by atoms with Crippen LogP contribution in [0.3, 0.4) is 0 Å². The average molecular weight is 281 g/mol. The van der Waals surface area contributed by atoms with Crippen molar-refractivity contribution in [3.8, 4) is 0 Å². The van der Waals surface area contributed by atoms with E-state index in [4.69, 9.17) is 0 Å². The molecule has 0 nitrogen and oxygen atoms in total. The molecule has 3 atom stereocenters. The second kappa shape index (κ2) is 7.32. The van der Waals surface area contributed by atoms with E-state index in [1.807, 2.05) is 0 Å². The molecule has 0 bridgehead atoms. The summed E-state index contributed by atoms with van der Waals surface area (Å²) in [5.74, 6) is 5.51. The third-order valence-electron chi connectivity index (χ3n) is 6.91. The molecule has 0 spiro atoms. The molecule has 120 valence electrons. The molecular weight excluding hydrogens is 240 g/mol. The third-order valence-corrected chi connectivity index (χ3v) is 6.91. The van der Waals surface area contributed by atoms with Gasteiger partial charge >= 0.3 is 0 Å². The zero-order valence-electron chi connectivity index (χ0n) is 15.5. The highest BCUT2D eigenvalue weighted by molar-refractivity contribution is 5.03. The Bertz CT molecular complexity index is 262. The smallest absolute Gasteiger partial charge is 0.0267 e. The van der Waals surface area contributed by atoms with E-state index in [2.05, 4.69) is 55.4 Å². The molecule has 3 unspecified atom stereocenters. The summed E-state index contributed by atoms with van der Waals surface area (Å²) < 4.78 is 0. The van der Waals surface area contributed by atoms with Gasteiger partial charge in [0.05, 0.1) is 0 Å². The van der Waals surface area contributed by atoms with Crippen LogP contribution >= 0.6 is 0 Å². The molecule has 0 heterocycles. The largest absolute Gasteiger partial charge is 0.0654 e. The van der Waals surface area contributed by atoms with Crippen molar-refractivity contribution in [3.05, 3.63) is 0 Å². The predicted molar refractivity (Wildman–Crippen MR) is 91.9 cm³/mol. The topological polar surface area (TPSA) is 0 Å². The molecule has 0 heteroatoms. The maximum atomic E-state index is 2.56. The first-order chi connectivity index (χ1) is 9.36. The lowest BCUT2D eigenvalue weighted by Gasteiger charge is -2.61. The minimum Gasteiger partial charge on any atom is -0.0654 e. The zero-order valence-corrected chi connectivity index (χ0v) is 15.5. The van der Waals surface area contributed by atoms with Gasteiger partial charge in [0.15, 0.2) is 0 Å². The van der Waals surface area contributed by atoms with E-state index in [1.165, 1.54) is 32.1 Å². The summed E-state index contributed by atoms with van der Waals surface area (Å²) in [6, 6.07) is 0. The number of rotatable bonds is 8. The zero-order chi connectivity index (χ0) is 15.5. The van der Waals surface area contributed by atoms with E-state index >= 15 is 0 Å². The van der Waals surface area contributed by atoms with Crippen molar-refractivity contribution in [2.75, 3.05) is 0 Å². The quantitative estimate of drug-likeness (QED) is 0.459. The summed E-state index contributed by atoms with van der Waals surface area (Å²) in [7, 11) is 0. The van der Waals surface area contributed by atoms with E-state index in [-0.39, 0.29) is 0 Å². The van der Waals surface area contributed by atoms with Crippen LogP contribution in [-0.2, 0) is 0 Å². The van der Waals surface area contributed by atoms with E-state index in [0.29, 0.717) is 5.41 Å². The monoisotopic (exact) mass is 280 g/mol. The van der Waals surface area contributed by atoms with Crippen molar-refractivity contribution in [1.29, 1.82) is 0 Å². The molecular formula is C20H40. The van der Waals surface area contributed by atoms with Crippen molar-refractivity contribution in [1.82, 2.24) is 0 Å². The first-order valence-electron chi connectivity index (χ1n) is 9.36. The summed E-state index contributed by atoms with van der Waals surface area (Å²) in [4.78, 5) is 0. The fourth-order valence-electron chi connectivity index (χ4n) is 5.85. The molecule has 0 aliphatic heterocycles. The second-order valence-electron chi connectivity index (χ2n) is 8.14. The third kappa shape index (κ3) is 3.09. The Hall–Kier alpha value is 0. The molecule has 0 aromatic rings. The molecule has 0 radical (unpaired) electrons. The van der Waals surface area contributed by atoms with Crippen LogP contribution < -0.4 is 0 Å². The molecule has 1 saturated carbocycles. The van der Waals surface area contributed by atoms with Crippen molar-refractivity contribution in [3.63, 3.8) is 0 Å². The van der Waals surface area contributed by atoms with Gasteiger partial charge in [0.25, 0.3) is 0 Å². The Kier molecular flexibility index (Phi) is 6.61. The van der Waals surface area contributed by atoms with Crippen molar-refractivity contribution >= 4 is 0 Å². The van der Waals surface area contributed by atoms with Gasteiger partial charge in [-0.15, -0.1) is 0 Å². The van der Waals surface area contributed by atoms with Gasteiger partial charge in [-0.2, -0.15) is 0 Å². The van der Waals surface area contributed by atoms with Crippen LogP contribution in [0.1, 0.15) is 87.5 Å². The van der Waals surface area contributed by atoms with E-state index < -0.39 is 0 Å². The highest BCUT2D eigenvalue weighted by atomic mass is 14.6. The van der Waals surface area contributed by atoms with E-state index in [9.17, 15) is 0 Å². The lowest BCUT2D eigenvalue weighted by Crippen LogP contribution is -2.55. The molecule has 1 fully saturated rings. The maximum absolute atomic E-state index is 2.56. The summed E-state index contributed by atoms with van der Waals surface area (Å²) in [6.45, 7) is 19.6. The first-order valence-corrected chi connectivity index (χ1v) is 9.36. The van der Waals surface area contributed by atoms with Crippen molar-refractivity contribution in [2.24, 2.45) is 40.9 Å². The Morgan fingerprint density at radius 2 is 1.30 bits per heavy atom. The number of hydrogen-bond donors (Lipinski definition) is 0. The van der Waals surface area contributed by atoms with Crippen molar-refractivity contribution in [2.45, 2.75) is 87.5 Å². The minimum atomic E-state index is 0.634. The van der Waals surface area contributed by atoms with Crippen LogP contribution in [0, 0.1) is 40.9 Å². The van der Waals surface area contributed by atoms with Gasteiger partial charge in [-0.1, -0.05) is 74.7 Å². The first kappa shape index (κ1) is 18.1. The van der Waals surface area contributed by atoms with E-state index in [1.54, 1.807) is 0 Å². The van der Waals surface area contributed by atoms with Gasteiger partial charge in [-0.25, -0.2) is 0 Å². The van der Waals surface area contributed by atoms with Gasteiger partial charge in [0.1, 0.15) is 0 Å². The van der Waals surface area contributed by atoms with Crippen molar-refractivity contribution < 1.29 is 0 Å². The lowest BCUT2D eigenvalue weighted by atomic mass is 9.44. The molecule has 0 aromatic carbocycles. The molecule has 1 aliphatic rings. The van der Waals surface area contributed by atoms with Crippen LogP contribution in [0.4, 0.5) is 0 Å². The molecule has 0 aromatic heterocycles. The Labute approximate surface area is 129 Å². The van der Waals surface area contributed by atoms with E-state index in [0.717, 1.165) is 35.5 Å². The summed E-state index contributed by atoms with van der Waals surface area (Å²) in [6.07, 6.45) is 6.98. The van der Waals surface area contributed by atoms with Gasteiger partial charge < -0.3 is 0 Å². The normalized spacial score (nSPS) is 32.2. The summed E-state index contributed by atoms with van der Waals surface area (Å²) in [5, 5.41) is 0. The van der Waals surface area contributed by atoms with Gasteiger partial charge in [0.2, 0.25) is 0 Å². The summed E-state index contributed by atoms with van der Waals surface area (Å²) in [5.41, 5.74) is 0.634. The predicted octanol–water partition coefficient (Wildman–Crippen LogP) is 6.79. The van der Waals surface area contributed by atoms with Crippen LogP contribution in [0.5, 0.6) is 0 Å². The highest BCUT2D eigenvalue weighted by Gasteiger charge is 2.55. The molecule has 0 saturated heterocycles. The standard InChI is InChI=1S/C20H40/c1-9-12-20(11-3,13-10-2)19-16(7)18(17(19)8)15(6)14(4)5/h14-19H,9-13H2,1-8H3. The van der Waals surface area contributed by atoms with Crippen LogP contribution in [-0.4, -0.2) is 0 Å². The Morgan fingerprint density at radius 1 is 0.850 bits per heavy atom. The lowest BCUT2D eigenvalue weighted by molar-refractivity contribution is -0.127. The Balaban J connectivity index is 2.90. The van der Waals surface area contributed by atoms with Gasteiger partial charge in [-0.05, 0) is 53.8 Å². The molecule has 0 amide bonds.